The number of carbonyl (C=O) groups is 1. The summed E-state index contributed by atoms with van der Waals surface area (Å²) in [6.45, 7) is 3.72. The van der Waals surface area contributed by atoms with E-state index in [9.17, 15) is 4.79 Å². The molecule has 5 heteroatoms. The first kappa shape index (κ1) is 14.1. The number of benzene rings is 1. The number of esters is 1. The van der Waals surface area contributed by atoms with Crippen molar-refractivity contribution < 1.29 is 9.53 Å². The maximum absolute atomic E-state index is 11.6. The second-order valence-corrected chi connectivity index (χ2v) is 4.55. The van der Waals surface area contributed by atoms with Crippen LogP contribution in [0.5, 0.6) is 0 Å². The number of ether oxygens (including phenoxy) is 1. The Morgan fingerprint density at radius 2 is 2.20 bits per heavy atom. The van der Waals surface area contributed by atoms with Crippen LogP contribution in [0.3, 0.4) is 0 Å². The first-order chi connectivity index (χ1) is 9.72. The zero-order valence-electron chi connectivity index (χ0n) is 11.8. The number of carbonyl (C=O) groups excluding carboxylic acids is 1. The van der Waals surface area contributed by atoms with Gasteiger partial charge in [-0.15, -0.1) is 0 Å². The number of imidazole rings is 1. The highest BCUT2D eigenvalue weighted by Crippen LogP contribution is 2.15. The van der Waals surface area contributed by atoms with Gasteiger partial charge >= 0.3 is 5.97 Å². The van der Waals surface area contributed by atoms with Crippen LogP contribution < -0.4 is 5.32 Å². The maximum Gasteiger partial charge on any atom is 0.339 e. The molecule has 1 heterocycles. The number of rotatable bonds is 6. The van der Waals surface area contributed by atoms with Gasteiger partial charge in [0.15, 0.2) is 0 Å². The zero-order chi connectivity index (χ0) is 14.4. The fourth-order valence-electron chi connectivity index (χ4n) is 2.02. The number of anilines is 1. The van der Waals surface area contributed by atoms with Crippen LogP contribution in [-0.4, -0.2) is 29.2 Å². The molecule has 0 atom stereocenters. The molecule has 0 aliphatic carbocycles. The van der Waals surface area contributed by atoms with Crippen LogP contribution >= 0.6 is 0 Å². The van der Waals surface area contributed by atoms with Gasteiger partial charge in [0.1, 0.15) is 0 Å². The van der Waals surface area contributed by atoms with Gasteiger partial charge in [0.25, 0.3) is 0 Å². The highest BCUT2D eigenvalue weighted by Gasteiger charge is 2.10. The normalized spacial score (nSPS) is 10.3. The summed E-state index contributed by atoms with van der Waals surface area (Å²) in [5.74, 6) is -0.321. The van der Waals surface area contributed by atoms with Gasteiger partial charge in [0.05, 0.1) is 19.0 Å². The van der Waals surface area contributed by atoms with E-state index in [4.69, 9.17) is 4.74 Å². The molecule has 0 aliphatic rings. The first-order valence-electron chi connectivity index (χ1n) is 6.60. The van der Waals surface area contributed by atoms with E-state index in [1.54, 1.807) is 6.07 Å². The Morgan fingerprint density at radius 3 is 2.90 bits per heavy atom. The molecule has 2 rings (SSSR count). The number of hydrogen-bond acceptors (Lipinski definition) is 4. The molecule has 0 amide bonds. The van der Waals surface area contributed by atoms with Crippen molar-refractivity contribution in [1.82, 2.24) is 9.55 Å². The van der Waals surface area contributed by atoms with E-state index in [0.717, 1.165) is 30.9 Å². The number of hydrogen-bond donors (Lipinski definition) is 1. The van der Waals surface area contributed by atoms with Crippen molar-refractivity contribution >= 4 is 11.7 Å². The summed E-state index contributed by atoms with van der Waals surface area (Å²) >= 11 is 0. The Labute approximate surface area is 118 Å². The third-order valence-electron chi connectivity index (χ3n) is 3.14. The summed E-state index contributed by atoms with van der Waals surface area (Å²) in [6, 6.07) is 7.37. The van der Waals surface area contributed by atoms with Gasteiger partial charge in [-0.2, -0.15) is 0 Å². The van der Waals surface area contributed by atoms with Crippen LogP contribution in [0.25, 0.3) is 0 Å². The third-order valence-corrected chi connectivity index (χ3v) is 3.14. The molecular formula is C15H19N3O2. The average Bonchev–Trinajstić information content (AvgIpc) is 2.88. The number of nitrogens with zero attached hydrogens (tertiary/aromatic N) is 2. The van der Waals surface area contributed by atoms with E-state index in [2.05, 4.69) is 14.9 Å². The molecule has 20 heavy (non-hydrogen) atoms. The van der Waals surface area contributed by atoms with Gasteiger partial charge in [0, 0.05) is 30.7 Å². The standard InChI is InChI=1S/C15H19N3O2/c1-12-10-16-11-18(12)9-5-8-17-14-7-4-3-6-13(14)15(19)20-2/h3-4,6-7,10-11,17H,5,8-9H2,1-2H3. The van der Waals surface area contributed by atoms with Gasteiger partial charge in [-0.1, -0.05) is 12.1 Å². The third kappa shape index (κ3) is 3.38. The molecule has 106 valence electrons. The minimum absolute atomic E-state index is 0.321. The van der Waals surface area contributed by atoms with Crippen molar-refractivity contribution in [3.05, 3.63) is 48.0 Å². The Morgan fingerprint density at radius 1 is 1.40 bits per heavy atom. The van der Waals surface area contributed by atoms with Gasteiger partial charge in [-0.3, -0.25) is 0 Å². The van der Waals surface area contributed by atoms with Crippen LogP contribution in [0.4, 0.5) is 5.69 Å². The summed E-state index contributed by atoms with van der Waals surface area (Å²) in [5, 5.41) is 3.28. The quantitative estimate of drug-likeness (QED) is 0.649. The van der Waals surface area contributed by atoms with Crippen molar-refractivity contribution in [2.45, 2.75) is 19.9 Å². The van der Waals surface area contributed by atoms with E-state index in [-0.39, 0.29) is 5.97 Å². The summed E-state index contributed by atoms with van der Waals surface area (Å²) in [5.41, 5.74) is 2.52. The lowest BCUT2D eigenvalue weighted by Gasteiger charge is -2.11. The van der Waals surface area contributed by atoms with E-state index in [1.165, 1.54) is 7.11 Å². The molecule has 0 bridgehead atoms. The summed E-state index contributed by atoms with van der Waals surface area (Å²) in [6.07, 6.45) is 4.63. The minimum Gasteiger partial charge on any atom is -0.465 e. The van der Waals surface area contributed by atoms with Crippen molar-refractivity contribution in [3.8, 4) is 0 Å². The lowest BCUT2D eigenvalue weighted by molar-refractivity contribution is 0.0602. The van der Waals surface area contributed by atoms with Gasteiger partial charge < -0.3 is 14.6 Å². The Bertz CT molecular complexity index is 578. The van der Waals surface area contributed by atoms with Gasteiger partial charge in [0.2, 0.25) is 0 Å². The topological polar surface area (TPSA) is 56.1 Å². The van der Waals surface area contributed by atoms with Crippen molar-refractivity contribution in [1.29, 1.82) is 0 Å². The molecule has 1 aromatic heterocycles. The highest BCUT2D eigenvalue weighted by molar-refractivity contribution is 5.95. The predicted octanol–water partition coefficient (Wildman–Crippen LogP) is 2.48. The van der Waals surface area contributed by atoms with Crippen LogP contribution in [0.1, 0.15) is 22.5 Å². The van der Waals surface area contributed by atoms with Gasteiger partial charge in [-0.05, 0) is 25.5 Å². The van der Waals surface area contributed by atoms with Crippen LogP contribution in [0, 0.1) is 6.92 Å². The molecule has 0 spiro atoms. The molecule has 0 saturated carbocycles. The van der Waals surface area contributed by atoms with Crippen LogP contribution in [0.2, 0.25) is 0 Å². The lowest BCUT2D eigenvalue weighted by Crippen LogP contribution is -2.11. The molecule has 1 N–H and O–H groups in total. The molecule has 0 unspecified atom stereocenters. The average molecular weight is 273 g/mol. The molecule has 0 fully saturated rings. The first-order valence-corrected chi connectivity index (χ1v) is 6.60. The number of aryl methyl sites for hydroxylation is 2. The molecule has 0 aliphatic heterocycles. The molecular weight excluding hydrogens is 254 g/mol. The largest absolute Gasteiger partial charge is 0.465 e. The number of para-hydroxylation sites is 1. The maximum atomic E-state index is 11.6. The fourth-order valence-corrected chi connectivity index (χ4v) is 2.02. The number of methoxy groups -OCH3 is 1. The van der Waals surface area contributed by atoms with E-state index < -0.39 is 0 Å². The molecule has 0 saturated heterocycles. The predicted molar refractivity (Wildman–Crippen MR) is 77.9 cm³/mol. The monoisotopic (exact) mass is 273 g/mol. The smallest absolute Gasteiger partial charge is 0.339 e. The number of aromatic nitrogens is 2. The molecule has 2 aromatic rings. The highest BCUT2D eigenvalue weighted by atomic mass is 16.5. The van der Waals surface area contributed by atoms with Crippen molar-refractivity contribution in [2.75, 3.05) is 19.0 Å². The number of nitrogens with one attached hydrogen (secondary N) is 1. The lowest BCUT2D eigenvalue weighted by atomic mass is 10.2. The molecule has 5 nitrogen and oxygen atoms in total. The molecule has 0 radical (unpaired) electrons. The van der Waals surface area contributed by atoms with E-state index in [0.29, 0.717) is 5.56 Å². The van der Waals surface area contributed by atoms with Crippen molar-refractivity contribution in [3.63, 3.8) is 0 Å². The summed E-state index contributed by atoms with van der Waals surface area (Å²) in [7, 11) is 1.39. The van der Waals surface area contributed by atoms with Crippen LogP contribution in [-0.2, 0) is 11.3 Å². The summed E-state index contributed by atoms with van der Waals surface area (Å²) < 4.78 is 6.87. The fraction of sp³-hybridized carbons (Fsp3) is 0.333. The van der Waals surface area contributed by atoms with Crippen molar-refractivity contribution in [2.24, 2.45) is 0 Å². The second kappa shape index (κ2) is 6.75. The Hall–Kier alpha value is -2.30. The second-order valence-electron chi connectivity index (χ2n) is 4.55. The SMILES string of the molecule is COC(=O)c1ccccc1NCCCn1cncc1C. The minimum atomic E-state index is -0.321. The Kier molecular flexibility index (Phi) is 4.76. The van der Waals surface area contributed by atoms with Gasteiger partial charge in [-0.25, -0.2) is 9.78 Å². The molecule has 1 aromatic carbocycles. The van der Waals surface area contributed by atoms with E-state index >= 15 is 0 Å². The van der Waals surface area contributed by atoms with Crippen LogP contribution in [0.15, 0.2) is 36.8 Å². The van der Waals surface area contributed by atoms with E-state index in [1.807, 2.05) is 37.6 Å². The summed E-state index contributed by atoms with van der Waals surface area (Å²) in [4.78, 5) is 15.7. The zero-order valence-corrected chi connectivity index (χ0v) is 11.8. The Balaban J connectivity index is 1.88.